The Morgan fingerprint density at radius 3 is 2.86 bits per heavy atom. The Hall–Kier alpha value is -3.23. The Bertz CT molecular complexity index is 1040. The standard InChI is InChI=1S/C19H17F3N4O2/c20-11-3-4-17(28-19(21)22)13(8-11)15-2-1-6-25(15)12-5-7-26-16(9-12)14(10-24-26)18(23)27/h3-5,7-10,15,19H,1-2,6H2,(H2,23,27). The molecule has 1 unspecified atom stereocenters. The van der Waals surface area contributed by atoms with E-state index >= 15 is 0 Å². The molecule has 1 aliphatic heterocycles. The number of fused-ring (bicyclic) bond motifs is 1. The molecule has 1 saturated heterocycles. The van der Waals surface area contributed by atoms with Gasteiger partial charge in [-0.15, -0.1) is 0 Å². The van der Waals surface area contributed by atoms with Crippen molar-refractivity contribution in [3.63, 3.8) is 0 Å². The van der Waals surface area contributed by atoms with Crippen LogP contribution in [0.2, 0.25) is 0 Å². The van der Waals surface area contributed by atoms with Crippen molar-refractivity contribution >= 4 is 17.1 Å². The SMILES string of the molecule is NC(=O)c1cnn2ccc(N3CCCC3c3cc(F)ccc3OC(F)F)cc12. The second kappa shape index (κ2) is 7.06. The van der Waals surface area contributed by atoms with E-state index in [9.17, 15) is 18.0 Å². The predicted molar refractivity (Wildman–Crippen MR) is 96.1 cm³/mol. The van der Waals surface area contributed by atoms with Gasteiger partial charge in [0.2, 0.25) is 0 Å². The average molecular weight is 390 g/mol. The van der Waals surface area contributed by atoms with Gasteiger partial charge in [0, 0.05) is 24.0 Å². The lowest BCUT2D eigenvalue weighted by atomic mass is 10.0. The van der Waals surface area contributed by atoms with Gasteiger partial charge in [-0.1, -0.05) is 0 Å². The highest BCUT2D eigenvalue weighted by molar-refractivity contribution is 5.99. The number of ether oxygens (including phenoxy) is 1. The molecule has 146 valence electrons. The Morgan fingerprint density at radius 1 is 1.29 bits per heavy atom. The number of rotatable bonds is 5. The predicted octanol–water partition coefficient (Wildman–Crippen LogP) is 3.52. The molecule has 3 aromatic rings. The summed E-state index contributed by atoms with van der Waals surface area (Å²) in [5.41, 5.74) is 7.33. The molecule has 1 aliphatic rings. The molecule has 1 atom stereocenters. The number of pyridine rings is 1. The molecule has 6 nitrogen and oxygen atoms in total. The van der Waals surface area contributed by atoms with Crippen molar-refractivity contribution in [3.8, 4) is 5.75 Å². The number of carbonyl (C=O) groups is 1. The molecule has 2 aromatic heterocycles. The van der Waals surface area contributed by atoms with E-state index in [-0.39, 0.29) is 17.4 Å². The summed E-state index contributed by atoms with van der Waals surface area (Å²) in [6.07, 6.45) is 4.53. The number of nitrogens with zero attached hydrogens (tertiary/aromatic N) is 3. The minimum absolute atomic E-state index is 0.0449. The second-order valence-corrected chi connectivity index (χ2v) is 6.55. The van der Waals surface area contributed by atoms with Crippen molar-refractivity contribution in [3.05, 3.63) is 59.7 Å². The summed E-state index contributed by atoms with van der Waals surface area (Å²) in [5, 5.41) is 4.09. The van der Waals surface area contributed by atoms with Crippen molar-refractivity contribution in [2.24, 2.45) is 5.73 Å². The van der Waals surface area contributed by atoms with E-state index in [1.807, 2.05) is 4.90 Å². The van der Waals surface area contributed by atoms with Crippen LogP contribution in [0, 0.1) is 5.82 Å². The van der Waals surface area contributed by atoms with Crippen LogP contribution in [-0.2, 0) is 0 Å². The fraction of sp³-hybridized carbons (Fsp3) is 0.263. The topological polar surface area (TPSA) is 72.9 Å². The molecule has 0 aliphatic carbocycles. The number of halogens is 3. The van der Waals surface area contributed by atoms with E-state index in [1.165, 1.54) is 22.8 Å². The molecular formula is C19H17F3N4O2. The lowest BCUT2D eigenvalue weighted by Gasteiger charge is -2.28. The number of aromatic nitrogens is 2. The maximum Gasteiger partial charge on any atom is 0.387 e. The molecule has 2 N–H and O–H groups in total. The third-order valence-electron chi connectivity index (χ3n) is 4.90. The summed E-state index contributed by atoms with van der Waals surface area (Å²) >= 11 is 0. The zero-order valence-corrected chi connectivity index (χ0v) is 14.7. The number of anilines is 1. The molecular weight excluding hydrogens is 373 g/mol. The molecule has 0 radical (unpaired) electrons. The zero-order chi connectivity index (χ0) is 19.8. The fourth-order valence-corrected chi connectivity index (χ4v) is 3.72. The summed E-state index contributed by atoms with van der Waals surface area (Å²) in [6, 6.07) is 6.77. The molecule has 4 rings (SSSR count). The number of hydrogen-bond donors (Lipinski definition) is 1. The summed E-state index contributed by atoms with van der Waals surface area (Å²) in [6.45, 7) is -2.36. The number of alkyl halides is 2. The first kappa shape index (κ1) is 18.1. The van der Waals surface area contributed by atoms with Gasteiger partial charge in [0.05, 0.1) is 23.3 Å². The van der Waals surface area contributed by atoms with Crippen LogP contribution in [-0.4, -0.2) is 28.7 Å². The van der Waals surface area contributed by atoms with E-state index in [0.29, 0.717) is 24.0 Å². The van der Waals surface area contributed by atoms with Gasteiger partial charge in [-0.05, 0) is 43.2 Å². The maximum absolute atomic E-state index is 13.9. The lowest BCUT2D eigenvalue weighted by Crippen LogP contribution is -2.23. The van der Waals surface area contributed by atoms with Crippen LogP contribution < -0.4 is 15.4 Å². The Balaban J connectivity index is 1.75. The summed E-state index contributed by atoms with van der Waals surface area (Å²) < 4.78 is 45.6. The van der Waals surface area contributed by atoms with Gasteiger partial charge >= 0.3 is 6.61 Å². The normalized spacial score (nSPS) is 16.9. The van der Waals surface area contributed by atoms with Crippen LogP contribution in [0.25, 0.3) is 5.52 Å². The van der Waals surface area contributed by atoms with Gasteiger partial charge in [-0.3, -0.25) is 4.79 Å². The van der Waals surface area contributed by atoms with E-state index in [1.54, 1.807) is 18.3 Å². The second-order valence-electron chi connectivity index (χ2n) is 6.55. The largest absolute Gasteiger partial charge is 0.434 e. The number of carbonyl (C=O) groups excluding carboxylic acids is 1. The van der Waals surface area contributed by atoms with Crippen molar-refractivity contribution in [2.75, 3.05) is 11.4 Å². The smallest absolute Gasteiger partial charge is 0.387 e. The van der Waals surface area contributed by atoms with E-state index in [4.69, 9.17) is 5.73 Å². The first-order valence-corrected chi connectivity index (χ1v) is 8.72. The minimum Gasteiger partial charge on any atom is -0.434 e. The quantitative estimate of drug-likeness (QED) is 0.724. The van der Waals surface area contributed by atoms with E-state index < -0.39 is 18.3 Å². The van der Waals surface area contributed by atoms with Crippen molar-refractivity contribution in [2.45, 2.75) is 25.5 Å². The van der Waals surface area contributed by atoms with Gasteiger partial charge in [0.1, 0.15) is 11.6 Å². The maximum atomic E-state index is 13.9. The molecule has 1 fully saturated rings. The van der Waals surface area contributed by atoms with Gasteiger partial charge < -0.3 is 15.4 Å². The highest BCUT2D eigenvalue weighted by Crippen LogP contribution is 2.41. The van der Waals surface area contributed by atoms with Crippen LogP contribution in [0.3, 0.4) is 0 Å². The van der Waals surface area contributed by atoms with Crippen molar-refractivity contribution in [1.29, 1.82) is 0 Å². The molecule has 28 heavy (non-hydrogen) atoms. The van der Waals surface area contributed by atoms with E-state index in [0.717, 1.165) is 18.2 Å². The summed E-state index contributed by atoms with van der Waals surface area (Å²) in [4.78, 5) is 13.6. The van der Waals surface area contributed by atoms with Crippen molar-refractivity contribution in [1.82, 2.24) is 9.61 Å². The highest BCUT2D eigenvalue weighted by Gasteiger charge is 2.30. The molecule has 1 amide bonds. The Morgan fingerprint density at radius 2 is 2.11 bits per heavy atom. The fourth-order valence-electron chi connectivity index (χ4n) is 3.72. The van der Waals surface area contributed by atoms with Gasteiger partial charge in [0.25, 0.3) is 5.91 Å². The third-order valence-corrected chi connectivity index (χ3v) is 4.90. The Kier molecular flexibility index (Phi) is 4.58. The number of amides is 1. The van der Waals surface area contributed by atoms with Crippen LogP contribution >= 0.6 is 0 Å². The van der Waals surface area contributed by atoms with Crippen LogP contribution in [0.1, 0.15) is 34.8 Å². The van der Waals surface area contributed by atoms with Gasteiger partial charge in [0.15, 0.2) is 0 Å². The molecule has 3 heterocycles. The first-order chi connectivity index (χ1) is 13.4. The van der Waals surface area contributed by atoms with Gasteiger partial charge in [-0.2, -0.15) is 13.9 Å². The summed E-state index contributed by atoms with van der Waals surface area (Å²) in [7, 11) is 0. The molecule has 9 heteroatoms. The third kappa shape index (κ3) is 3.23. The van der Waals surface area contributed by atoms with Crippen molar-refractivity contribution < 1.29 is 22.7 Å². The molecule has 1 aromatic carbocycles. The number of nitrogens with two attached hydrogens (primary N) is 1. The molecule has 0 saturated carbocycles. The van der Waals surface area contributed by atoms with Gasteiger partial charge in [-0.25, -0.2) is 8.91 Å². The van der Waals surface area contributed by atoms with Crippen LogP contribution in [0.4, 0.5) is 18.9 Å². The molecule has 0 bridgehead atoms. The van der Waals surface area contributed by atoms with E-state index in [2.05, 4.69) is 9.84 Å². The Labute approximate surface area is 158 Å². The monoisotopic (exact) mass is 390 g/mol. The number of hydrogen-bond acceptors (Lipinski definition) is 4. The number of primary amides is 1. The summed E-state index contributed by atoms with van der Waals surface area (Å²) in [5.74, 6) is -1.16. The van der Waals surface area contributed by atoms with Crippen LogP contribution in [0.15, 0.2) is 42.7 Å². The number of benzene rings is 1. The average Bonchev–Trinajstić information content (AvgIpc) is 3.28. The highest BCUT2D eigenvalue weighted by atomic mass is 19.3. The van der Waals surface area contributed by atoms with Crippen LogP contribution in [0.5, 0.6) is 5.75 Å². The minimum atomic E-state index is -3.00. The lowest BCUT2D eigenvalue weighted by molar-refractivity contribution is -0.0506. The first-order valence-electron chi connectivity index (χ1n) is 8.72. The molecule has 0 spiro atoms. The zero-order valence-electron chi connectivity index (χ0n) is 14.7.